The van der Waals surface area contributed by atoms with Crippen LogP contribution in [-0.2, 0) is 20.8 Å². The van der Waals surface area contributed by atoms with Gasteiger partial charge in [-0.2, -0.15) is 0 Å². The summed E-state index contributed by atoms with van der Waals surface area (Å²) < 4.78 is 12.2. The predicted molar refractivity (Wildman–Crippen MR) is 110 cm³/mol. The number of halogens is 1. The lowest BCUT2D eigenvalue weighted by Gasteiger charge is -2.36. The van der Waals surface area contributed by atoms with E-state index in [9.17, 15) is 4.79 Å². The summed E-state index contributed by atoms with van der Waals surface area (Å²) in [6.07, 6.45) is 1.65. The quantitative estimate of drug-likeness (QED) is 0.499. The van der Waals surface area contributed by atoms with Gasteiger partial charge in [0.15, 0.2) is 5.96 Å². The van der Waals surface area contributed by atoms with Gasteiger partial charge in [0.25, 0.3) is 0 Å². The van der Waals surface area contributed by atoms with E-state index in [1.807, 2.05) is 24.3 Å². The molecular weight excluding hydrogens is 412 g/mol. The van der Waals surface area contributed by atoms with E-state index in [1.165, 1.54) is 0 Å². The second-order valence-corrected chi connectivity index (χ2v) is 7.70. The molecule has 0 spiro atoms. The lowest BCUT2D eigenvalue weighted by atomic mass is 9.94. The lowest BCUT2D eigenvalue weighted by molar-refractivity contribution is -0.127. The summed E-state index contributed by atoms with van der Waals surface area (Å²) in [5.41, 5.74) is 0.815. The summed E-state index contributed by atoms with van der Waals surface area (Å²) in [5.74, 6) is 0.580. The Morgan fingerprint density at radius 3 is 2.52 bits per heavy atom. The number of methoxy groups -OCH3 is 1. The minimum Gasteiger partial charge on any atom is -0.381 e. The minimum absolute atomic E-state index is 0.0133. The van der Waals surface area contributed by atoms with Crippen molar-refractivity contribution < 1.29 is 14.3 Å². The SMILES string of the molecule is COC1(CNC(=NCc2ccc(Br)cc2)NCC(=O)N(C)C)CCOCC1. The van der Waals surface area contributed by atoms with Crippen LogP contribution in [0.5, 0.6) is 0 Å². The first kappa shape index (κ1) is 21.7. The van der Waals surface area contributed by atoms with Crippen LogP contribution in [0.25, 0.3) is 0 Å². The van der Waals surface area contributed by atoms with Crippen LogP contribution in [0.3, 0.4) is 0 Å². The van der Waals surface area contributed by atoms with Gasteiger partial charge in [0.2, 0.25) is 5.91 Å². The van der Waals surface area contributed by atoms with E-state index in [0.29, 0.717) is 32.3 Å². The highest BCUT2D eigenvalue weighted by Crippen LogP contribution is 2.23. The van der Waals surface area contributed by atoms with E-state index < -0.39 is 0 Å². The first-order valence-electron chi connectivity index (χ1n) is 9.04. The molecule has 1 heterocycles. The van der Waals surface area contributed by atoms with Crippen molar-refractivity contribution in [2.45, 2.75) is 25.0 Å². The smallest absolute Gasteiger partial charge is 0.241 e. The van der Waals surface area contributed by atoms with Crippen molar-refractivity contribution in [3.05, 3.63) is 34.3 Å². The number of carbonyl (C=O) groups is 1. The fourth-order valence-electron chi connectivity index (χ4n) is 2.69. The summed E-state index contributed by atoms with van der Waals surface area (Å²) in [7, 11) is 5.20. The van der Waals surface area contributed by atoms with Gasteiger partial charge >= 0.3 is 0 Å². The molecule has 0 atom stereocenters. The number of hydrogen-bond acceptors (Lipinski definition) is 4. The maximum absolute atomic E-state index is 11.9. The van der Waals surface area contributed by atoms with Crippen molar-refractivity contribution in [3.63, 3.8) is 0 Å². The molecule has 2 N–H and O–H groups in total. The Hall–Kier alpha value is -1.64. The summed E-state index contributed by atoms with van der Waals surface area (Å²) in [5, 5.41) is 6.45. The third-order valence-electron chi connectivity index (χ3n) is 4.65. The third kappa shape index (κ3) is 7.12. The summed E-state index contributed by atoms with van der Waals surface area (Å²) in [6.45, 7) is 2.68. The van der Waals surface area contributed by atoms with Crippen LogP contribution in [0.15, 0.2) is 33.7 Å². The molecule has 1 fully saturated rings. The second kappa shape index (κ2) is 10.6. The third-order valence-corrected chi connectivity index (χ3v) is 5.18. The zero-order valence-electron chi connectivity index (χ0n) is 16.3. The highest BCUT2D eigenvalue weighted by atomic mass is 79.9. The summed E-state index contributed by atoms with van der Waals surface area (Å²) in [6, 6.07) is 8.02. The standard InChI is InChI=1S/C19H29BrN4O3/c1-24(2)17(25)13-22-18(21-12-15-4-6-16(20)7-5-15)23-14-19(26-3)8-10-27-11-9-19/h4-7H,8-14H2,1-3H3,(H2,21,22,23). The van der Waals surface area contributed by atoms with Crippen molar-refractivity contribution in [2.24, 2.45) is 4.99 Å². The lowest BCUT2D eigenvalue weighted by Crippen LogP contribution is -2.51. The van der Waals surface area contributed by atoms with Crippen LogP contribution >= 0.6 is 15.9 Å². The Morgan fingerprint density at radius 1 is 1.26 bits per heavy atom. The first-order chi connectivity index (χ1) is 12.9. The molecule has 1 aliphatic rings. The molecule has 0 bridgehead atoms. The maximum Gasteiger partial charge on any atom is 0.241 e. The first-order valence-corrected chi connectivity index (χ1v) is 9.83. The van der Waals surface area contributed by atoms with Crippen LogP contribution in [0, 0.1) is 0 Å². The van der Waals surface area contributed by atoms with Gasteiger partial charge in [-0.15, -0.1) is 0 Å². The molecule has 7 nitrogen and oxygen atoms in total. The van der Waals surface area contributed by atoms with E-state index in [2.05, 4.69) is 31.6 Å². The summed E-state index contributed by atoms with van der Waals surface area (Å²) >= 11 is 3.44. The van der Waals surface area contributed by atoms with E-state index >= 15 is 0 Å². The fourth-order valence-corrected chi connectivity index (χ4v) is 2.96. The van der Waals surface area contributed by atoms with Crippen LogP contribution in [0.2, 0.25) is 0 Å². The largest absolute Gasteiger partial charge is 0.381 e. The van der Waals surface area contributed by atoms with Gasteiger partial charge in [-0.3, -0.25) is 4.79 Å². The van der Waals surface area contributed by atoms with Crippen LogP contribution < -0.4 is 10.6 Å². The molecule has 150 valence electrons. The molecule has 27 heavy (non-hydrogen) atoms. The van der Waals surface area contributed by atoms with Gasteiger partial charge < -0.3 is 25.0 Å². The number of nitrogens with one attached hydrogen (secondary N) is 2. The number of guanidine groups is 1. The van der Waals surface area contributed by atoms with Gasteiger partial charge in [-0.25, -0.2) is 4.99 Å². The molecule has 0 radical (unpaired) electrons. The molecule has 1 saturated heterocycles. The Bertz CT molecular complexity index is 628. The highest BCUT2D eigenvalue weighted by molar-refractivity contribution is 9.10. The molecule has 0 aliphatic carbocycles. The molecule has 0 saturated carbocycles. The Balaban J connectivity index is 2.02. The summed E-state index contributed by atoms with van der Waals surface area (Å²) in [4.78, 5) is 18.1. The number of ether oxygens (including phenoxy) is 2. The molecule has 0 aromatic heterocycles. The molecule has 1 aromatic carbocycles. The zero-order chi connectivity index (χ0) is 19.7. The number of nitrogens with zero attached hydrogens (tertiary/aromatic N) is 2. The van der Waals surface area contributed by atoms with Gasteiger partial charge in [0, 0.05) is 58.3 Å². The highest BCUT2D eigenvalue weighted by Gasteiger charge is 2.32. The monoisotopic (exact) mass is 440 g/mol. The van der Waals surface area contributed by atoms with E-state index in [4.69, 9.17) is 9.47 Å². The van der Waals surface area contributed by atoms with Crippen LogP contribution in [0.4, 0.5) is 0 Å². The number of hydrogen-bond donors (Lipinski definition) is 2. The van der Waals surface area contributed by atoms with Crippen molar-refractivity contribution in [1.82, 2.24) is 15.5 Å². The van der Waals surface area contributed by atoms with E-state index in [-0.39, 0.29) is 18.1 Å². The topological polar surface area (TPSA) is 75.2 Å². The molecular formula is C19H29BrN4O3. The Morgan fingerprint density at radius 2 is 1.93 bits per heavy atom. The van der Waals surface area contributed by atoms with E-state index in [1.54, 1.807) is 26.1 Å². The number of likely N-dealkylation sites (N-methyl/N-ethyl adjacent to an activating group) is 1. The average molecular weight is 441 g/mol. The van der Waals surface area contributed by atoms with Crippen LogP contribution in [-0.4, -0.2) is 69.9 Å². The predicted octanol–water partition coefficient (Wildman–Crippen LogP) is 1.77. The normalized spacial score (nSPS) is 16.7. The maximum atomic E-state index is 11.9. The van der Waals surface area contributed by atoms with Gasteiger partial charge in [0.1, 0.15) is 0 Å². The number of aliphatic imine (C=N–C) groups is 1. The van der Waals surface area contributed by atoms with Crippen LogP contribution in [0.1, 0.15) is 18.4 Å². The van der Waals surface area contributed by atoms with Gasteiger partial charge in [-0.05, 0) is 17.7 Å². The van der Waals surface area contributed by atoms with Gasteiger partial charge in [-0.1, -0.05) is 28.1 Å². The van der Waals surface area contributed by atoms with Gasteiger partial charge in [0.05, 0.1) is 18.7 Å². The Labute approximate surface area is 169 Å². The number of amides is 1. The van der Waals surface area contributed by atoms with E-state index in [0.717, 1.165) is 22.9 Å². The molecule has 8 heteroatoms. The van der Waals surface area contributed by atoms with Crippen molar-refractivity contribution in [1.29, 1.82) is 0 Å². The molecule has 1 aliphatic heterocycles. The number of carbonyl (C=O) groups excluding carboxylic acids is 1. The fraction of sp³-hybridized carbons (Fsp3) is 0.579. The zero-order valence-corrected chi connectivity index (χ0v) is 17.8. The van der Waals surface area contributed by atoms with Crippen molar-refractivity contribution in [3.8, 4) is 0 Å². The molecule has 1 amide bonds. The number of benzene rings is 1. The molecule has 1 aromatic rings. The second-order valence-electron chi connectivity index (χ2n) is 6.79. The minimum atomic E-state index is -0.274. The van der Waals surface area contributed by atoms with Crippen molar-refractivity contribution >= 4 is 27.8 Å². The van der Waals surface area contributed by atoms with Crippen molar-refractivity contribution in [2.75, 3.05) is 47.5 Å². The molecule has 2 rings (SSSR count). The number of rotatable bonds is 7. The molecule has 0 unspecified atom stereocenters. The average Bonchev–Trinajstić information content (AvgIpc) is 2.69. The Kier molecular flexibility index (Phi) is 8.53.